The molecule has 1 aromatic heterocycles. The summed E-state index contributed by atoms with van der Waals surface area (Å²) < 4.78 is 34.0. The molecular weight excluding hydrogens is 360 g/mol. The summed E-state index contributed by atoms with van der Waals surface area (Å²) in [7, 11) is 0. The normalized spacial score (nSPS) is 12.7. The van der Waals surface area contributed by atoms with Crippen LogP contribution in [0.1, 0.15) is 49.4 Å². The Morgan fingerprint density at radius 1 is 1.31 bits per heavy atom. The Hall–Kier alpha value is -2.15. The maximum Gasteiger partial charge on any atom is 0.303 e. The van der Waals surface area contributed by atoms with Crippen molar-refractivity contribution in [3.63, 3.8) is 0 Å². The van der Waals surface area contributed by atoms with E-state index in [1.807, 2.05) is 20.8 Å². The van der Waals surface area contributed by atoms with E-state index in [1.165, 1.54) is 0 Å². The van der Waals surface area contributed by atoms with Gasteiger partial charge >= 0.3 is 5.97 Å². The average molecular weight is 381 g/mol. The summed E-state index contributed by atoms with van der Waals surface area (Å²) >= 11 is 4.35. The average Bonchev–Trinajstić information content (AvgIpc) is 2.55. The van der Waals surface area contributed by atoms with E-state index in [-0.39, 0.29) is 23.8 Å². The number of benzene rings is 1. The van der Waals surface area contributed by atoms with Crippen LogP contribution in [0.15, 0.2) is 30.5 Å². The van der Waals surface area contributed by atoms with E-state index in [1.54, 1.807) is 18.3 Å². The van der Waals surface area contributed by atoms with Gasteiger partial charge in [-0.05, 0) is 30.2 Å². The Morgan fingerprint density at radius 3 is 2.46 bits per heavy atom. The molecule has 0 fully saturated rings. The highest BCUT2D eigenvalue weighted by Gasteiger charge is 2.25. The molecule has 0 spiro atoms. The standard InChI is InChI=1S/C19H21F2NO3S/c1-19(2,3)17-12(5-4-8-22-17)18(26)25-16-13(20)9-11(10-14(16)21)6-7-15(23)24/h4-5,8-10,18,26H,6-7H2,1-3H3,(H,23,24). The predicted molar refractivity (Wildman–Crippen MR) is 97.6 cm³/mol. The van der Waals surface area contributed by atoms with Crippen LogP contribution in [0, 0.1) is 11.6 Å². The van der Waals surface area contributed by atoms with Crippen molar-refractivity contribution in [2.24, 2.45) is 0 Å². The molecule has 2 rings (SSSR count). The van der Waals surface area contributed by atoms with E-state index < -0.39 is 28.8 Å². The molecule has 0 aliphatic heterocycles. The van der Waals surface area contributed by atoms with E-state index in [0.717, 1.165) is 17.8 Å². The molecule has 0 aliphatic carbocycles. The van der Waals surface area contributed by atoms with E-state index >= 15 is 0 Å². The first kappa shape index (κ1) is 20.2. The second kappa shape index (κ2) is 8.03. The fraction of sp³-hybridized carbons (Fsp3) is 0.368. The first-order chi connectivity index (χ1) is 12.1. The number of hydrogen-bond donors (Lipinski definition) is 2. The number of aromatic nitrogens is 1. The van der Waals surface area contributed by atoms with Crippen LogP contribution in [0.5, 0.6) is 5.75 Å². The Balaban J connectivity index is 2.28. The fourth-order valence-corrected chi connectivity index (χ4v) is 2.85. The third-order valence-electron chi connectivity index (χ3n) is 3.73. The fourth-order valence-electron chi connectivity index (χ4n) is 2.54. The highest BCUT2D eigenvalue weighted by atomic mass is 32.1. The van der Waals surface area contributed by atoms with Gasteiger partial charge in [0.1, 0.15) is 0 Å². The molecule has 1 heterocycles. The number of thiol groups is 1. The molecule has 0 saturated heterocycles. The molecule has 4 nitrogen and oxygen atoms in total. The summed E-state index contributed by atoms with van der Waals surface area (Å²) in [5.74, 6) is -3.38. The third-order valence-corrected chi connectivity index (χ3v) is 4.11. The number of carboxylic acid groups (broad SMARTS) is 1. The minimum absolute atomic E-state index is 0.0323. The zero-order valence-corrected chi connectivity index (χ0v) is 15.7. The predicted octanol–water partition coefficient (Wildman–Crippen LogP) is 4.68. The molecule has 0 bridgehead atoms. The maximum atomic E-state index is 14.3. The van der Waals surface area contributed by atoms with Crippen molar-refractivity contribution in [3.05, 3.63) is 58.9 Å². The lowest BCUT2D eigenvalue weighted by Crippen LogP contribution is -2.19. The highest BCUT2D eigenvalue weighted by Crippen LogP contribution is 2.34. The van der Waals surface area contributed by atoms with Gasteiger partial charge < -0.3 is 9.84 Å². The molecular formula is C19H21F2NO3S. The van der Waals surface area contributed by atoms with E-state index in [9.17, 15) is 13.6 Å². The maximum absolute atomic E-state index is 14.3. The minimum atomic E-state index is -1.03. The molecule has 0 amide bonds. The number of rotatable bonds is 6. The number of ether oxygens (including phenoxy) is 1. The zero-order chi connectivity index (χ0) is 19.5. The molecule has 1 N–H and O–H groups in total. The zero-order valence-electron chi connectivity index (χ0n) is 14.8. The molecule has 1 atom stereocenters. The number of carboxylic acids is 1. The lowest BCUT2D eigenvalue weighted by molar-refractivity contribution is -0.136. The van der Waals surface area contributed by atoms with Gasteiger partial charge in [0.25, 0.3) is 0 Å². The van der Waals surface area contributed by atoms with Crippen molar-refractivity contribution < 1.29 is 23.4 Å². The Labute approximate surface area is 156 Å². The molecule has 1 aromatic carbocycles. The van der Waals surface area contributed by atoms with Crippen molar-refractivity contribution in [1.29, 1.82) is 0 Å². The number of aliphatic carboxylic acids is 1. The van der Waals surface area contributed by atoms with Gasteiger partial charge in [0.15, 0.2) is 22.8 Å². The summed E-state index contributed by atoms with van der Waals surface area (Å²) in [6.45, 7) is 5.91. The van der Waals surface area contributed by atoms with Gasteiger partial charge in [-0.2, -0.15) is 0 Å². The summed E-state index contributed by atoms with van der Waals surface area (Å²) in [5, 5.41) is 8.68. The summed E-state index contributed by atoms with van der Waals surface area (Å²) in [6.07, 6.45) is 1.46. The van der Waals surface area contributed by atoms with Crippen molar-refractivity contribution >= 4 is 18.6 Å². The largest absolute Gasteiger partial charge is 0.481 e. The van der Waals surface area contributed by atoms with Crippen LogP contribution in [0.4, 0.5) is 8.78 Å². The Kier molecular flexibility index (Phi) is 6.23. The van der Waals surface area contributed by atoms with Crippen molar-refractivity contribution in [3.8, 4) is 5.75 Å². The second-order valence-corrected chi connectivity index (χ2v) is 7.41. The first-order valence-electron chi connectivity index (χ1n) is 8.09. The molecule has 1 unspecified atom stereocenters. The van der Waals surface area contributed by atoms with Crippen molar-refractivity contribution in [2.45, 2.75) is 44.5 Å². The SMILES string of the molecule is CC(C)(C)c1ncccc1C(S)Oc1c(F)cc(CCC(=O)O)cc1F. The number of carbonyl (C=O) groups is 1. The van der Waals surface area contributed by atoms with Crippen LogP contribution in [0.3, 0.4) is 0 Å². The molecule has 26 heavy (non-hydrogen) atoms. The molecule has 2 aromatic rings. The molecule has 0 saturated carbocycles. The summed E-state index contributed by atoms with van der Waals surface area (Å²) in [6, 6.07) is 5.62. The van der Waals surface area contributed by atoms with Gasteiger partial charge in [-0.3, -0.25) is 9.78 Å². The highest BCUT2D eigenvalue weighted by molar-refractivity contribution is 7.80. The van der Waals surface area contributed by atoms with Crippen LogP contribution in [-0.4, -0.2) is 16.1 Å². The van der Waals surface area contributed by atoms with Crippen LogP contribution >= 0.6 is 12.6 Å². The van der Waals surface area contributed by atoms with E-state index in [2.05, 4.69) is 17.6 Å². The number of aryl methyl sites for hydroxylation is 1. The van der Waals surface area contributed by atoms with Gasteiger partial charge in [0.2, 0.25) is 0 Å². The van der Waals surface area contributed by atoms with Gasteiger partial charge in [-0.1, -0.05) is 26.8 Å². The van der Waals surface area contributed by atoms with Crippen LogP contribution in [-0.2, 0) is 16.6 Å². The quantitative estimate of drug-likeness (QED) is 0.563. The number of nitrogens with zero attached hydrogens (tertiary/aromatic N) is 1. The van der Waals surface area contributed by atoms with E-state index in [0.29, 0.717) is 5.56 Å². The lowest BCUT2D eigenvalue weighted by Gasteiger charge is -2.24. The monoisotopic (exact) mass is 381 g/mol. The topological polar surface area (TPSA) is 59.4 Å². The van der Waals surface area contributed by atoms with Crippen LogP contribution < -0.4 is 4.74 Å². The van der Waals surface area contributed by atoms with Crippen LogP contribution in [0.2, 0.25) is 0 Å². The number of halogens is 2. The molecule has 7 heteroatoms. The van der Waals surface area contributed by atoms with Gasteiger partial charge in [-0.15, -0.1) is 12.6 Å². The summed E-state index contributed by atoms with van der Waals surface area (Å²) in [5.41, 5.74) is 0.392. The van der Waals surface area contributed by atoms with E-state index in [4.69, 9.17) is 9.84 Å². The number of pyridine rings is 1. The van der Waals surface area contributed by atoms with Crippen molar-refractivity contribution in [1.82, 2.24) is 4.98 Å². The Bertz CT molecular complexity index is 783. The lowest BCUT2D eigenvalue weighted by atomic mass is 9.88. The van der Waals surface area contributed by atoms with Gasteiger partial charge in [0, 0.05) is 23.6 Å². The molecule has 0 radical (unpaired) electrons. The third kappa shape index (κ3) is 4.94. The van der Waals surface area contributed by atoms with Gasteiger partial charge in [0.05, 0.1) is 5.69 Å². The second-order valence-electron chi connectivity index (χ2n) is 6.94. The first-order valence-corrected chi connectivity index (χ1v) is 8.61. The minimum Gasteiger partial charge on any atom is -0.481 e. The Morgan fingerprint density at radius 2 is 1.92 bits per heavy atom. The smallest absolute Gasteiger partial charge is 0.303 e. The van der Waals surface area contributed by atoms with Gasteiger partial charge in [-0.25, -0.2) is 8.78 Å². The molecule has 140 valence electrons. The van der Waals surface area contributed by atoms with Crippen molar-refractivity contribution in [2.75, 3.05) is 0 Å². The number of hydrogen-bond acceptors (Lipinski definition) is 4. The molecule has 0 aliphatic rings. The van der Waals surface area contributed by atoms with Crippen LogP contribution in [0.25, 0.3) is 0 Å². The summed E-state index contributed by atoms with van der Waals surface area (Å²) in [4.78, 5) is 14.9.